The summed E-state index contributed by atoms with van der Waals surface area (Å²) >= 11 is 1.17. The highest BCUT2D eigenvalue weighted by molar-refractivity contribution is 7.89. The highest BCUT2D eigenvalue weighted by Crippen LogP contribution is 2.33. The molecule has 2 aromatic rings. The highest BCUT2D eigenvalue weighted by Gasteiger charge is 2.32. The third-order valence-electron chi connectivity index (χ3n) is 4.89. The number of carbonyl (C=O) groups is 2. The van der Waals surface area contributed by atoms with Gasteiger partial charge in [0.2, 0.25) is 15.9 Å². The lowest BCUT2D eigenvalue weighted by atomic mass is 10.3. The first-order chi connectivity index (χ1) is 14.8. The van der Waals surface area contributed by atoms with Crippen molar-refractivity contribution in [3.63, 3.8) is 0 Å². The highest BCUT2D eigenvalue weighted by atomic mass is 32.2. The number of piperazine rings is 1. The van der Waals surface area contributed by atoms with Gasteiger partial charge in [-0.05, 0) is 12.1 Å². The Morgan fingerprint density at radius 3 is 2.52 bits per heavy atom. The normalized spacial score (nSPS) is 17.1. The van der Waals surface area contributed by atoms with Crippen LogP contribution in [0.25, 0.3) is 0 Å². The first-order valence-electron chi connectivity index (χ1n) is 9.77. The van der Waals surface area contributed by atoms with E-state index in [4.69, 9.17) is 9.47 Å². The Morgan fingerprint density at radius 1 is 1.10 bits per heavy atom. The van der Waals surface area contributed by atoms with Crippen molar-refractivity contribution in [3.05, 3.63) is 29.3 Å². The number of amides is 2. The maximum atomic E-state index is 13.1. The number of fused-ring (bicyclic) bond motifs is 1. The van der Waals surface area contributed by atoms with Gasteiger partial charge < -0.3 is 19.7 Å². The number of carbonyl (C=O) groups excluding carboxylic acids is 2. The van der Waals surface area contributed by atoms with Gasteiger partial charge in [-0.2, -0.15) is 4.31 Å². The average molecular weight is 467 g/mol. The largest absolute Gasteiger partial charge is 0.490 e. The van der Waals surface area contributed by atoms with E-state index in [9.17, 15) is 18.0 Å². The quantitative estimate of drug-likeness (QED) is 0.724. The molecule has 2 amide bonds. The Balaban J connectivity index is 1.42. The van der Waals surface area contributed by atoms with E-state index in [1.54, 1.807) is 16.3 Å². The number of nitrogens with one attached hydrogen (secondary N) is 1. The third kappa shape index (κ3) is 4.65. The number of hydrogen-bond acceptors (Lipinski definition) is 8. The number of aromatic nitrogens is 1. The summed E-state index contributed by atoms with van der Waals surface area (Å²) in [5.41, 5.74) is 0.230. The summed E-state index contributed by atoms with van der Waals surface area (Å²) < 4.78 is 38.7. The predicted octanol–water partition coefficient (Wildman–Crippen LogP) is 1.41. The van der Waals surface area contributed by atoms with Crippen LogP contribution in [-0.4, -0.2) is 73.8 Å². The number of hydrogen-bond donors (Lipinski definition) is 1. The van der Waals surface area contributed by atoms with E-state index < -0.39 is 10.0 Å². The fourth-order valence-electron chi connectivity index (χ4n) is 3.33. The van der Waals surface area contributed by atoms with Crippen molar-refractivity contribution in [3.8, 4) is 11.5 Å². The first-order valence-corrected chi connectivity index (χ1v) is 12.1. The Kier molecular flexibility index (Phi) is 6.12. The maximum absolute atomic E-state index is 13.1. The molecule has 12 heteroatoms. The molecule has 0 unspecified atom stereocenters. The van der Waals surface area contributed by atoms with Crippen LogP contribution >= 0.6 is 11.3 Å². The molecule has 3 heterocycles. The number of benzene rings is 1. The minimum atomic E-state index is -3.73. The Morgan fingerprint density at radius 2 is 1.81 bits per heavy atom. The summed E-state index contributed by atoms with van der Waals surface area (Å²) in [5, 5.41) is 4.48. The second-order valence-corrected chi connectivity index (χ2v) is 9.87. The number of thiazole rings is 1. The number of anilines is 1. The zero-order valence-electron chi connectivity index (χ0n) is 16.9. The zero-order chi connectivity index (χ0) is 22.0. The van der Waals surface area contributed by atoms with Crippen LogP contribution in [0.15, 0.2) is 28.5 Å². The second kappa shape index (κ2) is 8.81. The fraction of sp³-hybridized carbons (Fsp3) is 0.421. The summed E-state index contributed by atoms with van der Waals surface area (Å²) in [7, 11) is -3.73. The summed E-state index contributed by atoms with van der Waals surface area (Å²) in [6, 6.07) is 4.62. The SMILES string of the molecule is CC(=O)Nc1nc(C(=O)N2CCN(S(=O)(=O)c3ccc4c(c3)OCCCO4)CC2)cs1. The number of ether oxygens (including phenoxy) is 2. The molecule has 0 atom stereocenters. The number of rotatable bonds is 4. The molecule has 1 saturated heterocycles. The molecule has 2 aliphatic heterocycles. The van der Waals surface area contributed by atoms with E-state index in [1.165, 1.54) is 34.7 Å². The minimum Gasteiger partial charge on any atom is -0.490 e. The van der Waals surface area contributed by atoms with Crippen molar-refractivity contribution >= 4 is 38.3 Å². The van der Waals surface area contributed by atoms with Crippen LogP contribution in [0.4, 0.5) is 5.13 Å². The van der Waals surface area contributed by atoms with E-state index in [-0.39, 0.29) is 48.6 Å². The van der Waals surface area contributed by atoms with Crippen molar-refractivity contribution < 1.29 is 27.5 Å². The zero-order valence-corrected chi connectivity index (χ0v) is 18.5. The maximum Gasteiger partial charge on any atom is 0.273 e. The molecule has 0 spiro atoms. The van der Waals surface area contributed by atoms with Gasteiger partial charge in [0.15, 0.2) is 16.6 Å². The van der Waals surface area contributed by atoms with Crippen LogP contribution < -0.4 is 14.8 Å². The predicted molar refractivity (Wildman–Crippen MR) is 113 cm³/mol. The van der Waals surface area contributed by atoms with Crippen LogP contribution in [0.1, 0.15) is 23.8 Å². The summed E-state index contributed by atoms with van der Waals surface area (Å²) in [4.78, 5) is 29.6. The molecule has 31 heavy (non-hydrogen) atoms. The van der Waals surface area contributed by atoms with Gasteiger partial charge in [0.25, 0.3) is 5.91 Å². The van der Waals surface area contributed by atoms with Crippen LogP contribution in [0.3, 0.4) is 0 Å². The lowest BCUT2D eigenvalue weighted by Crippen LogP contribution is -2.50. The van der Waals surface area contributed by atoms with Gasteiger partial charge in [0, 0.05) is 51.0 Å². The molecule has 2 aliphatic rings. The average Bonchev–Trinajstić information content (AvgIpc) is 3.08. The summed E-state index contributed by atoms with van der Waals surface area (Å²) in [6.07, 6.45) is 0.734. The van der Waals surface area contributed by atoms with Crippen LogP contribution in [0.5, 0.6) is 11.5 Å². The van der Waals surface area contributed by atoms with Crippen LogP contribution in [-0.2, 0) is 14.8 Å². The van der Waals surface area contributed by atoms with Crippen molar-refractivity contribution in [1.82, 2.24) is 14.2 Å². The van der Waals surface area contributed by atoms with Gasteiger partial charge in [-0.1, -0.05) is 0 Å². The molecule has 0 radical (unpaired) electrons. The van der Waals surface area contributed by atoms with Gasteiger partial charge in [-0.3, -0.25) is 9.59 Å². The molecule has 0 aliphatic carbocycles. The molecule has 1 aromatic heterocycles. The number of sulfonamides is 1. The van der Waals surface area contributed by atoms with Gasteiger partial charge in [-0.15, -0.1) is 11.3 Å². The molecule has 0 saturated carbocycles. The van der Waals surface area contributed by atoms with Crippen molar-refractivity contribution in [2.24, 2.45) is 0 Å². The van der Waals surface area contributed by atoms with Crippen LogP contribution in [0.2, 0.25) is 0 Å². The molecule has 1 N–H and O–H groups in total. The van der Waals surface area contributed by atoms with Crippen molar-refractivity contribution in [1.29, 1.82) is 0 Å². The smallest absolute Gasteiger partial charge is 0.273 e. The van der Waals surface area contributed by atoms with Gasteiger partial charge in [-0.25, -0.2) is 13.4 Å². The van der Waals surface area contributed by atoms with E-state index in [0.29, 0.717) is 29.8 Å². The van der Waals surface area contributed by atoms with E-state index in [1.807, 2.05) is 0 Å². The Labute approximate surface area is 183 Å². The number of nitrogens with zero attached hydrogens (tertiary/aromatic N) is 3. The molecule has 10 nitrogen and oxygen atoms in total. The molecule has 1 aromatic carbocycles. The lowest BCUT2D eigenvalue weighted by Gasteiger charge is -2.33. The standard InChI is InChI=1S/C19H22N4O6S2/c1-13(24)20-19-21-15(12-30-19)18(25)22-5-7-23(8-6-22)31(26,27)14-3-4-16-17(11-14)29-10-2-9-28-16/h3-4,11-12H,2,5-10H2,1H3,(H,20,21,24). The topological polar surface area (TPSA) is 118 Å². The van der Waals surface area contributed by atoms with E-state index in [0.717, 1.165) is 6.42 Å². The first kappa shape index (κ1) is 21.5. The van der Waals surface area contributed by atoms with Gasteiger partial charge >= 0.3 is 0 Å². The molecular formula is C19H22N4O6S2. The van der Waals surface area contributed by atoms with Crippen molar-refractivity contribution in [2.75, 3.05) is 44.7 Å². The molecule has 4 rings (SSSR count). The molecule has 1 fully saturated rings. The minimum absolute atomic E-state index is 0.135. The molecule has 0 bridgehead atoms. The molecule has 166 valence electrons. The summed E-state index contributed by atoms with van der Waals surface area (Å²) in [5.74, 6) is 0.405. The lowest BCUT2D eigenvalue weighted by molar-refractivity contribution is -0.114. The van der Waals surface area contributed by atoms with Crippen LogP contribution in [0, 0.1) is 0 Å². The Hall–Kier alpha value is -2.70. The van der Waals surface area contributed by atoms with E-state index >= 15 is 0 Å². The van der Waals surface area contributed by atoms with Gasteiger partial charge in [0.05, 0.1) is 18.1 Å². The summed E-state index contributed by atoms with van der Waals surface area (Å²) in [6.45, 7) is 3.20. The second-order valence-electron chi connectivity index (χ2n) is 7.07. The monoisotopic (exact) mass is 466 g/mol. The molecular weight excluding hydrogens is 444 g/mol. The van der Waals surface area contributed by atoms with E-state index in [2.05, 4.69) is 10.3 Å². The third-order valence-corrected chi connectivity index (χ3v) is 7.54. The fourth-order valence-corrected chi connectivity index (χ4v) is 5.50. The Bertz CT molecular complexity index is 1090. The van der Waals surface area contributed by atoms with Gasteiger partial charge in [0.1, 0.15) is 5.69 Å². The van der Waals surface area contributed by atoms with Crippen molar-refractivity contribution in [2.45, 2.75) is 18.2 Å².